The lowest BCUT2D eigenvalue weighted by Crippen LogP contribution is -2.31. The standard InChI is InChI=1S/C24H26N2O5S/c1-4-5-13-31-22(27)16-32-24-25-21(14-17-9-11-19(29-2)12-10-17)23(28)26(24)18-7-6-8-20(15-18)30-3/h6-12,14-15H,4-5,13,16H2,1-3H3/b21-14-. The first-order valence-corrected chi connectivity index (χ1v) is 11.3. The van der Waals surface area contributed by atoms with Crippen LogP contribution in [0.15, 0.2) is 59.2 Å². The molecule has 0 saturated carbocycles. The molecule has 0 fully saturated rings. The molecule has 8 heteroatoms. The minimum absolute atomic E-state index is 0.0616. The van der Waals surface area contributed by atoms with E-state index in [0.29, 0.717) is 23.2 Å². The van der Waals surface area contributed by atoms with Crippen LogP contribution in [0, 0.1) is 0 Å². The van der Waals surface area contributed by atoms with Gasteiger partial charge in [-0.3, -0.25) is 14.5 Å². The third-order valence-electron chi connectivity index (χ3n) is 4.64. The highest BCUT2D eigenvalue weighted by atomic mass is 32.2. The molecule has 1 aliphatic heterocycles. The number of amides is 1. The van der Waals surface area contributed by atoms with Gasteiger partial charge in [0.1, 0.15) is 17.2 Å². The topological polar surface area (TPSA) is 77.4 Å². The SMILES string of the molecule is CCCCOC(=O)CSC1=N/C(=C\c2ccc(OC)cc2)C(=O)N1c1cccc(OC)c1. The van der Waals surface area contributed by atoms with Gasteiger partial charge in [0.05, 0.1) is 32.3 Å². The van der Waals surface area contributed by atoms with Crippen molar-refractivity contribution < 1.29 is 23.8 Å². The highest BCUT2D eigenvalue weighted by Gasteiger charge is 2.32. The van der Waals surface area contributed by atoms with Crippen LogP contribution in [0.1, 0.15) is 25.3 Å². The normalized spacial score (nSPS) is 14.5. The van der Waals surface area contributed by atoms with Crippen LogP contribution in [0.4, 0.5) is 5.69 Å². The van der Waals surface area contributed by atoms with Crippen molar-refractivity contribution >= 4 is 40.6 Å². The van der Waals surface area contributed by atoms with Gasteiger partial charge >= 0.3 is 5.97 Å². The number of thioether (sulfide) groups is 1. The third kappa shape index (κ3) is 5.91. The number of carbonyl (C=O) groups is 2. The van der Waals surface area contributed by atoms with Crippen molar-refractivity contribution in [1.29, 1.82) is 0 Å². The summed E-state index contributed by atoms with van der Waals surface area (Å²) in [5.74, 6) is 0.787. The summed E-state index contributed by atoms with van der Waals surface area (Å²) in [7, 11) is 3.16. The average Bonchev–Trinajstić information content (AvgIpc) is 3.13. The highest BCUT2D eigenvalue weighted by Crippen LogP contribution is 2.31. The minimum Gasteiger partial charge on any atom is -0.497 e. The van der Waals surface area contributed by atoms with Crippen molar-refractivity contribution in [2.45, 2.75) is 19.8 Å². The summed E-state index contributed by atoms with van der Waals surface area (Å²) in [6.45, 7) is 2.42. The number of anilines is 1. The number of carbonyl (C=O) groups excluding carboxylic acids is 2. The molecule has 0 spiro atoms. The summed E-state index contributed by atoms with van der Waals surface area (Å²) in [6.07, 6.45) is 3.48. The molecule has 2 aromatic rings. The molecule has 168 valence electrons. The fourth-order valence-corrected chi connectivity index (χ4v) is 3.73. The van der Waals surface area contributed by atoms with E-state index in [2.05, 4.69) is 4.99 Å². The van der Waals surface area contributed by atoms with E-state index >= 15 is 0 Å². The molecule has 0 bridgehead atoms. The smallest absolute Gasteiger partial charge is 0.316 e. The summed E-state index contributed by atoms with van der Waals surface area (Å²) in [6, 6.07) is 14.5. The van der Waals surface area contributed by atoms with Crippen LogP contribution in [-0.2, 0) is 14.3 Å². The van der Waals surface area contributed by atoms with Crippen molar-refractivity contribution in [3.63, 3.8) is 0 Å². The van der Waals surface area contributed by atoms with Gasteiger partial charge in [0.15, 0.2) is 5.17 Å². The Morgan fingerprint density at radius 2 is 1.84 bits per heavy atom. The summed E-state index contributed by atoms with van der Waals surface area (Å²) in [5.41, 5.74) is 1.70. The molecule has 7 nitrogen and oxygen atoms in total. The molecule has 0 unspecified atom stereocenters. The lowest BCUT2D eigenvalue weighted by atomic mass is 10.2. The van der Waals surface area contributed by atoms with E-state index in [1.54, 1.807) is 44.6 Å². The summed E-state index contributed by atoms with van der Waals surface area (Å²) in [5, 5.41) is 0.412. The monoisotopic (exact) mass is 454 g/mol. The fourth-order valence-electron chi connectivity index (χ4n) is 2.92. The number of aliphatic imine (C=N–C) groups is 1. The zero-order chi connectivity index (χ0) is 22.9. The van der Waals surface area contributed by atoms with Gasteiger partial charge in [0.2, 0.25) is 0 Å². The molecule has 3 rings (SSSR count). The summed E-state index contributed by atoms with van der Waals surface area (Å²) < 4.78 is 15.7. The first-order valence-electron chi connectivity index (χ1n) is 10.3. The molecule has 0 N–H and O–H groups in total. The maximum atomic E-state index is 13.2. The van der Waals surface area contributed by atoms with E-state index in [9.17, 15) is 9.59 Å². The average molecular weight is 455 g/mol. The van der Waals surface area contributed by atoms with Gasteiger partial charge in [-0.05, 0) is 42.3 Å². The molecular weight excluding hydrogens is 428 g/mol. The Kier molecular flexibility index (Phi) is 8.33. The highest BCUT2D eigenvalue weighted by molar-refractivity contribution is 8.14. The number of amidine groups is 1. The summed E-state index contributed by atoms with van der Waals surface area (Å²) in [4.78, 5) is 31.3. The van der Waals surface area contributed by atoms with Gasteiger partial charge in [-0.1, -0.05) is 43.3 Å². The number of rotatable bonds is 9. The Bertz CT molecular complexity index is 1020. The Morgan fingerprint density at radius 1 is 1.09 bits per heavy atom. The molecule has 0 aliphatic carbocycles. The number of esters is 1. The first-order chi connectivity index (χ1) is 15.5. The van der Waals surface area contributed by atoms with E-state index in [4.69, 9.17) is 14.2 Å². The van der Waals surface area contributed by atoms with Gasteiger partial charge in [0.25, 0.3) is 5.91 Å². The number of methoxy groups -OCH3 is 2. The Balaban J connectivity index is 1.86. The lowest BCUT2D eigenvalue weighted by molar-refractivity contribution is -0.140. The van der Waals surface area contributed by atoms with E-state index < -0.39 is 0 Å². The second-order valence-electron chi connectivity index (χ2n) is 6.90. The zero-order valence-electron chi connectivity index (χ0n) is 18.4. The van der Waals surface area contributed by atoms with Gasteiger partial charge in [-0.2, -0.15) is 0 Å². The molecule has 1 heterocycles. The van der Waals surface area contributed by atoms with Crippen LogP contribution < -0.4 is 14.4 Å². The maximum Gasteiger partial charge on any atom is 0.316 e. The predicted molar refractivity (Wildman–Crippen MR) is 127 cm³/mol. The Labute approximate surface area is 192 Å². The van der Waals surface area contributed by atoms with Crippen molar-refractivity contribution in [1.82, 2.24) is 0 Å². The molecular formula is C24H26N2O5S. The van der Waals surface area contributed by atoms with Crippen LogP contribution in [0.3, 0.4) is 0 Å². The maximum absolute atomic E-state index is 13.2. The van der Waals surface area contributed by atoms with Gasteiger partial charge < -0.3 is 14.2 Å². The van der Waals surface area contributed by atoms with Crippen LogP contribution in [0.5, 0.6) is 11.5 Å². The lowest BCUT2D eigenvalue weighted by Gasteiger charge is -2.18. The zero-order valence-corrected chi connectivity index (χ0v) is 19.2. The molecule has 0 saturated heterocycles. The molecule has 1 aliphatic rings. The Morgan fingerprint density at radius 3 is 2.53 bits per heavy atom. The number of nitrogens with zero attached hydrogens (tertiary/aromatic N) is 2. The van der Waals surface area contributed by atoms with Crippen molar-refractivity contribution in [2.75, 3.05) is 31.5 Å². The van der Waals surface area contributed by atoms with Crippen LogP contribution in [0.25, 0.3) is 6.08 Å². The quantitative estimate of drug-likeness (QED) is 0.315. The fraction of sp³-hybridized carbons (Fsp3) is 0.292. The minimum atomic E-state index is -0.336. The molecule has 1 amide bonds. The number of hydrogen-bond acceptors (Lipinski definition) is 7. The van der Waals surface area contributed by atoms with Gasteiger partial charge in [-0.15, -0.1) is 0 Å². The van der Waals surface area contributed by atoms with Crippen LogP contribution in [0.2, 0.25) is 0 Å². The first kappa shape index (κ1) is 23.4. The molecule has 0 radical (unpaired) electrons. The number of benzene rings is 2. The number of hydrogen-bond donors (Lipinski definition) is 0. The molecule has 2 aromatic carbocycles. The van der Waals surface area contributed by atoms with E-state index in [-0.39, 0.29) is 23.3 Å². The van der Waals surface area contributed by atoms with E-state index in [1.807, 2.05) is 31.2 Å². The van der Waals surface area contributed by atoms with Crippen molar-refractivity contribution in [3.8, 4) is 11.5 Å². The van der Waals surface area contributed by atoms with E-state index in [1.165, 1.54) is 16.7 Å². The van der Waals surface area contributed by atoms with Crippen LogP contribution in [-0.4, -0.2) is 43.6 Å². The van der Waals surface area contributed by atoms with E-state index in [0.717, 1.165) is 24.2 Å². The molecule has 0 atom stereocenters. The predicted octanol–water partition coefficient (Wildman–Crippen LogP) is 4.52. The second-order valence-corrected chi connectivity index (χ2v) is 7.84. The molecule has 32 heavy (non-hydrogen) atoms. The summed E-state index contributed by atoms with van der Waals surface area (Å²) >= 11 is 1.17. The third-order valence-corrected chi connectivity index (χ3v) is 5.55. The van der Waals surface area contributed by atoms with Crippen molar-refractivity contribution in [3.05, 3.63) is 59.8 Å². The van der Waals surface area contributed by atoms with Crippen LogP contribution >= 0.6 is 11.8 Å². The number of unbranched alkanes of at least 4 members (excludes halogenated alkanes) is 1. The second kappa shape index (κ2) is 11.4. The van der Waals surface area contributed by atoms with Gasteiger partial charge in [0, 0.05) is 6.07 Å². The molecule has 0 aromatic heterocycles. The number of ether oxygens (including phenoxy) is 3. The largest absolute Gasteiger partial charge is 0.497 e. The van der Waals surface area contributed by atoms with Crippen molar-refractivity contribution in [2.24, 2.45) is 4.99 Å². The van der Waals surface area contributed by atoms with Gasteiger partial charge in [-0.25, -0.2) is 4.99 Å². The Hall–Kier alpha value is -3.26.